The average Bonchev–Trinajstić information content (AvgIpc) is 2.31. The molecule has 0 N–H and O–H groups in total. The Morgan fingerprint density at radius 1 is 1.60 bits per heavy atom. The van der Waals surface area contributed by atoms with Gasteiger partial charge in [-0.25, -0.2) is 0 Å². The van der Waals surface area contributed by atoms with Crippen LogP contribution in [0.15, 0.2) is 12.1 Å². The van der Waals surface area contributed by atoms with E-state index < -0.39 is 0 Å². The first-order valence-corrected chi connectivity index (χ1v) is 4.63. The number of alkyl halides is 1. The molecule has 1 aromatic heterocycles. The van der Waals surface area contributed by atoms with Crippen molar-refractivity contribution in [3.05, 3.63) is 28.3 Å². The van der Waals surface area contributed by atoms with Gasteiger partial charge < -0.3 is 0 Å². The maximum absolute atomic E-state index is 5.53. The summed E-state index contributed by atoms with van der Waals surface area (Å²) in [7, 11) is 0. The predicted octanol–water partition coefficient (Wildman–Crippen LogP) is 3.24. The highest BCUT2D eigenvalue weighted by Gasteiger charge is 1.94. The molecule has 0 unspecified atom stereocenters. The Kier molecular flexibility index (Phi) is 3.23. The van der Waals surface area contributed by atoms with Gasteiger partial charge in [-0.1, -0.05) is 0 Å². The number of thiophene rings is 1. The minimum Gasteiger partial charge on any atom is -0.145 e. The molecule has 1 radical (unpaired) electrons. The van der Waals surface area contributed by atoms with Crippen molar-refractivity contribution in [2.45, 2.75) is 13.3 Å². The summed E-state index contributed by atoms with van der Waals surface area (Å²) in [6, 6.07) is 4.26. The van der Waals surface area contributed by atoms with E-state index in [1.165, 1.54) is 9.75 Å². The molecule has 55 valence electrons. The first kappa shape index (κ1) is 8.09. The fourth-order valence-corrected chi connectivity index (χ4v) is 1.71. The monoisotopic (exact) mass is 173 g/mol. The van der Waals surface area contributed by atoms with E-state index in [-0.39, 0.29) is 0 Å². The van der Waals surface area contributed by atoms with Crippen LogP contribution in [0.1, 0.15) is 16.2 Å². The molecule has 1 aromatic rings. The second kappa shape index (κ2) is 3.99. The highest BCUT2D eigenvalue weighted by molar-refractivity contribution is 7.12. The van der Waals surface area contributed by atoms with Crippen molar-refractivity contribution in [3.8, 4) is 0 Å². The number of rotatable bonds is 3. The molecule has 0 saturated heterocycles. The maximum atomic E-state index is 5.53. The van der Waals surface area contributed by atoms with Gasteiger partial charge in [0.15, 0.2) is 0 Å². The molecule has 1 rings (SSSR count). The third-order valence-corrected chi connectivity index (χ3v) is 2.43. The maximum Gasteiger partial charge on any atom is 0.0229 e. The Balaban J connectivity index is 2.42. The van der Waals surface area contributed by atoms with Crippen molar-refractivity contribution >= 4 is 22.9 Å². The molecule has 0 aliphatic carbocycles. The summed E-state index contributed by atoms with van der Waals surface area (Å²) in [5.41, 5.74) is 0. The van der Waals surface area contributed by atoms with Gasteiger partial charge in [0, 0.05) is 22.1 Å². The van der Waals surface area contributed by atoms with E-state index in [1.807, 2.05) is 11.3 Å². The van der Waals surface area contributed by atoms with Gasteiger partial charge in [0.1, 0.15) is 0 Å². The molecular formula is C8H10ClS. The van der Waals surface area contributed by atoms with Gasteiger partial charge in [0.2, 0.25) is 0 Å². The largest absolute Gasteiger partial charge is 0.145 e. The molecule has 0 bridgehead atoms. The SMILES string of the molecule is Cc1ccc([CH]CCCl)s1. The number of hydrogen-bond donors (Lipinski definition) is 0. The van der Waals surface area contributed by atoms with Gasteiger partial charge in [-0.05, 0) is 25.5 Å². The van der Waals surface area contributed by atoms with Gasteiger partial charge >= 0.3 is 0 Å². The summed E-state index contributed by atoms with van der Waals surface area (Å²) in [6.07, 6.45) is 3.15. The zero-order valence-electron chi connectivity index (χ0n) is 5.93. The van der Waals surface area contributed by atoms with E-state index in [0.29, 0.717) is 0 Å². The van der Waals surface area contributed by atoms with E-state index in [4.69, 9.17) is 11.6 Å². The number of halogens is 1. The van der Waals surface area contributed by atoms with Crippen molar-refractivity contribution in [2.75, 3.05) is 5.88 Å². The summed E-state index contributed by atoms with van der Waals surface area (Å²) in [5, 5.41) is 0. The van der Waals surface area contributed by atoms with Crippen molar-refractivity contribution in [3.63, 3.8) is 0 Å². The van der Waals surface area contributed by atoms with E-state index in [0.717, 1.165) is 12.3 Å². The molecule has 10 heavy (non-hydrogen) atoms. The van der Waals surface area contributed by atoms with Crippen LogP contribution < -0.4 is 0 Å². The van der Waals surface area contributed by atoms with Gasteiger partial charge in [0.05, 0.1) is 0 Å². The molecule has 0 aliphatic rings. The van der Waals surface area contributed by atoms with Crippen LogP contribution in [0.5, 0.6) is 0 Å². The summed E-state index contributed by atoms with van der Waals surface area (Å²) in [6.45, 7) is 2.11. The van der Waals surface area contributed by atoms with E-state index >= 15 is 0 Å². The molecule has 0 spiro atoms. The Bertz CT molecular complexity index is 193. The van der Waals surface area contributed by atoms with Crippen molar-refractivity contribution < 1.29 is 0 Å². The summed E-state index contributed by atoms with van der Waals surface area (Å²) >= 11 is 7.35. The average molecular weight is 174 g/mol. The lowest BCUT2D eigenvalue weighted by atomic mass is 10.3. The first-order valence-electron chi connectivity index (χ1n) is 3.28. The zero-order valence-corrected chi connectivity index (χ0v) is 7.50. The van der Waals surface area contributed by atoms with Gasteiger partial charge in [-0.15, -0.1) is 22.9 Å². The molecule has 0 fully saturated rings. The Morgan fingerprint density at radius 2 is 2.40 bits per heavy atom. The van der Waals surface area contributed by atoms with E-state index in [1.54, 1.807) is 0 Å². The lowest BCUT2D eigenvalue weighted by molar-refractivity contribution is 1.15. The van der Waals surface area contributed by atoms with Crippen LogP contribution in [-0.4, -0.2) is 5.88 Å². The number of aryl methyl sites for hydroxylation is 1. The van der Waals surface area contributed by atoms with Gasteiger partial charge in [-0.3, -0.25) is 0 Å². The van der Waals surface area contributed by atoms with Crippen molar-refractivity contribution in [1.29, 1.82) is 0 Å². The standard InChI is InChI=1S/C8H10ClS/c1-7-4-5-8(10-7)3-2-6-9/h3-5H,2,6H2,1H3. The van der Waals surface area contributed by atoms with E-state index in [2.05, 4.69) is 25.5 Å². The number of hydrogen-bond acceptors (Lipinski definition) is 1. The summed E-state index contributed by atoms with van der Waals surface area (Å²) < 4.78 is 0. The molecule has 2 heteroatoms. The van der Waals surface area contributed by atoms with Crippen LogP contribution in [0, 0.1) is 13.3 Å². The lowest BCUT2D eigenvalue weighted by Gasteiger charge is -1.89. The van der Waals surface area contributed by atoms with Gasteiger partial charge in [0.25, 0.3) is 0 Å². The molecule has 0 atom stereocenters. The molecule has 0 saturated carbocycles. The fraction of sp³-hybridized carbons (Fsp3) is 0.375. The quantitative estimate of drug-likeness (QED) is 0.616. The van der Waals surface area contributed by atoms with Crippen LogP contribution in [0.4, 0.5) is 0 Å². The molecule has 0 aliphatic heterocycles. The fourth-order valence-electron chi connectivity index (χ4n) is 0.760. The molecular weight excluding hydrogens is 164 g/mol. The first-order chi connectivity index (χ1) is 4.83. The molecule has 0 aromatic carbocycles. The van der Waals surface area contributed by atoms with Gasteiger partial charge in [-0.2, -0.15) is 0 Å². The predicted molar refractivity (Wildman–Crippen MR) is 47.8 cm³/mol. The zero-order chi connectivity index (χ0) is 7.40. The van der Waals surface area contributed by atoms with Crippen LogP contribution in [0.3, 0.4) is 0 Å². The molecule has 0 nitrogen and oxygen atoms in total. The topological polar surface area (TPSA) is 0 Å². The highest BCUT2D eigenvalue weighted by Crippen LogP contribution is 2.17. The van der Waals surface area contributed by atoms with Crippen molar-refractivity contribution in [1.82, 2.24) is 0 Å². The minimum absolute atomic E-state index is 0.719. The van der Waals surface area contributed by atoms with Crippen LogP contribution in [0.2, 0.25) is 0 Å². The van der Waals surface area contributed by atoms with E-state index in [9.17, 15) is 0 Å². The third-order valence-electron chi connectivity index (χ3n) is 1.22. The highest BCUT2D eigenvalue weighted by atomic mass is 35.5. The summed E-state index contributed by atoms with van der Waals surface area (Å²) in [4.78, 5) is 2.69. The Hall–Kier alpha value is -0.0100. The molecule has 0 amide bonds. The Morgan fingerprint density at radius 3 is 2.90 bits per heavy atom. The normalized spacial score (nSPS) is 10.2. The summed E-state index contributed by atoms with van der Waals surface area (Å²) in [5.74, 6) is 0.719. The minimum atomic E-state index is 0.719. The van der Waals surface area contributed by atoms with Crippen LogP contribution in [-0.2, 0) is 0 Å². The van der Waals surface area contributed by atoms with Crippen LogP contribution in [0.25, 0.3) is 0 Å². The lowest BCUT2D eigenvalue weighted by Crippen LogP contribution is -1.75. The molecule has 1 heterocycles. The van der Waals surface area contributed by atoms with Crippen molar-refractivity contribution in [2.24, 2.45) is 0 Å². The second-order valence-corrected chi connectivity index (χ2v) is 3.83. The second-order valence-electron chi connectivity index (χ2n) is 2.13. The van der Waals surface area contributed by atoms with Crippen LogP contribution >= 0.6 is 22.9 Å². The Labute approximate surface area is 70.8 Å². The third kappa shape index (κ3) is 2.31. The smallest absolute Gasteiger partial charge is 0.0229 e.